The van der Waals surface area contributed by atoms with Gasteiger partial charge in [-0.05, 0) is 31.7 Å². The maximum Gasteiger partial charge on any atom is 0.211 e. The van der Waals surface area contributed by atoms with Crippen molar-refractivity contribution in [3.05, 3.63) is 0 Å². The van der Waals surface area contributed by atoms with Crippen molar-refractivity contribution in [1.82, 2.24) is 4.72 Å². The molecule has 17 heavy (non-hydrogen) atoms. The van der Waals surface area contributed by atoms with Crippen LogP contribution in [0.4, 0.5) is 0 Å². The summed E-state index contributed by atoms with van der Waals surface area (Å²) in [4.78, 5) is 0. The first kappa shape index (κ1) is 14.9. The van der Waals surface area contributed by atoms with Crippen molar-refractivity contribution in [2.75, 3.05) is 30.3 Å². The average molecular weight is 284 g/mol. The van der Waals surface area contributed by atoms with E-state index in [0.29, 0.717) is 25.8 Å². The minimum Gasteiger partial charge on any atom is -0.330 e. The summed E-state index contributed by atoms with van der Waals surface area (Å²) in [7, 11) is -6.21. The third kappa shape index (κ3) is 5.80. The van der Waals surface area contributed by atoms with Crippen LogP contribution in [0.3, 0.4) is 0 Å². The van der Waals surface area contributed by atoms with Crippen LogP contribution in [0.1, 0.15) is 19.3 Å². The van der Waals surface area contributed by atoms with Gasteiger partial charge in [-0.15, -0.1) is 0 Å². The quantitative estimate of drug-likeness (QED) is 0.588. The Hall–Kier alpha value is -0.180. The van der Waals surface area contributed by atoms with E-state index >= 15 is 0 Å². The largest absolute Gasteiger partial charge is 0.330 e. The van der Waals surface area contributed by atoms with E-state index in [0.717, 1.165) is 0 Å². The molecule has 102 valence electrons. The summed E-state index contributed by atoms with van der Waals surface area (Å²) >= 11 is 0. The van der Waals surface area contributed by atoms with Crippen LogP contribution >= 0.6 is 0 Å². The number of rotatable bonds is 7. The van der Waals surface area contributed by atoms with Gasteiger partial charge < -0.3 is 5.73 Å². The standard InChI is InChI=1S/C9H20N2O4S2/c10-4-1-2-5-17(14,15)11-7-9-3-6-16(12,13)8-9/h9,11H,1-8,10H2. The Morgan fingerprint density at radius 1 is 1.29 bits per heavy atom. The van der Waals surface area contributed by atoms with Crippen LogP contribution in [0.5, 0.6) is 0 Å². The SMILES string of the molecule is NCCCCS(=O)(=O)NCC1CCS(=O)(=O)C1. The first-order valence-corrected chi connectivity index (χ1v) is 9.20. The summed E-state index contributed by atoms with van der Waals surface area (Å²) in [5.41, 5.74) is 5.28. The van der Waals surface area contributed by atoms with Crippen molar-refractivity contribution in [3.8, 4) is 0 Å². The zero-order chi connectivity index (χ0) is 12.9. The number of nitrogens with two attached hydrogens (primary N) is 1. The molecule has 0 spiro atoms. The second kappa shape index (κ2) is 6.12. The summed E-state index contributed by atoms with van der Waals surface area (Å²) < 4.78 is 47.9. The number of sulfone groups is 1. The van der Waals surface area contributed by atoms with Crippen LogP contribution in [0.2, 0.25) is 0 Å². The van der Waals surface area contributed by atoms with Gasteiger partial charge in [0, 0.05) is 6.54 Å². The van der Waals surface area contributed by atoms with Gasteiger partial charge in [-0.25, -0.2) is 21.6 Å². The van der Waals surface area contributed by atoms with Gasteiger partial charge in [0.25, 0.3) is 0 Å². The highest BCUT2D eigenvalue weighted by Gasteiger charge is 2.28. The molecule has 1 atom stereocenters. The van der Waals surface area contributed by atoms with Crippen LogP contribution in [0.15, 0.2) is 0 Å². The summed E-state index contributed by atoms with van der Waals surface area (Å²) in [6.07, 6.45) is 1.77. The predicted octanol–water partition coefficient (Wildman–Crippen LogP) is -0.921. The van der Waals surface area contributed by atoms with Gasteiger partial charge in [0.1, 0.15) is 0 Å². The molecule has 3 N–H and O–H groups in total. The highest BCUT2D eigenvalue weighted by atomic mass is 32.2. The maximum atomic E-state index is 11.5. The molecule has 0 aromatic carbocycles. The molecule has 0 aromatic heterocycles. The van der Waals surface area contributed by atoms with E-state index in [1.165, 1.54) is 0 Å². The average Bonchev–Trinajstić information content (AvgIpc) is 2.56. The third-order valence-corrected chi connectivity index (χ3v) is 6.06. The summed E-state index contributed by atoms with van der Waals surface area (Å²) in [5.74, 6) is 0.249. The second-order valence-electron chi connectivity index (χ2n) is 4.43. The Bertz CT molecular complexity index is 430. The van der Waals surface area contributed by atoms with Crippen molar-refractivity contribution in [3.63, 3.8) is 0 Å². The zero-order valence-corrected chi connectivity index (χ0v) is 11.4. The number of nitrogens with one attached hydrogen (secondary N) is 1. The number of unbranched alkanes of at least 4 members (excludes halogenated alkanes) is 1. The highest BCUT2D eigenvalue weighted by Crippen LogP contribution is 2.17. The molecule has 1 aliphatic heterocycles. The van der Waals surface area contributed by atoms with Crippen LogP contribution in [-0.4, -0.2) is 47.2 Å². The van der Waals surface area contributed by atoms with E-state index in [9.17, 15) is 16.8 Å². The Balaban J connectivity index is 2.30. The van der Waals surface area contributed by atoms with Crippen LogP contribution in [0.25, 0.3) is 0 Å². The summed E-state index contributed by atoms with van der Waals surface area (Å²) in [6, 6.07) is 0. The van der Waals surface area contributed by atoms with Gasteiger partial charge >= 0.3 is 0 Å². The first-order valence-electron chi connectivity index (χ1n) is 5.72. The third-order valence-electron chi connectivity index (χ3n) is 2.79. The van der Waals surface area contributed by atoms with Crippen LogP contribution in [-0.2, 0) is 19.9 Å². The van der Waals surface area contributed by atoms with Crippen molar-refractivity contribution >= 4 is 19.9 Å². The summed E-state index contributed by atoms with van der Waals surface area (Å²) in [5, 5.41) is 0. The second-order valence-corrected chi connectivity index (χ2v) is 8.59. The molecular formula is C9H20N2O4S2. The van der Waals surface area contributed by atoms with E-state index in [4.69, 9.17) is 5.73 Å². The predicted molar refractivity (Wildman–Crippen MR) is 66.8 cm³/mol. The molecule has 0 aromatic rings. The molecule has 0 aliphatic carbocycles. The molecular weight excluding hydrogens is 264 g/mol. The lowest BCUT2D eigenvalue weighted by atomic mass is 10.1. The molecule has 0 bridgehead atoms. The van der Waals surface area contributed by atoms with E-state index in [2.05, 4.69) is 4.72 Å². The number of sulfonamides is 1. The van der Waals surface area contributed by atoms with Crippen LogP contribution in [0, 0.1) is 5.92 Å². The highest BCUT2D eigenvalue weighted by molar-refractivity contribution is 7.91. The van der Waals surface area contributed by atoms with Gasteiger partial charge in [-0.2, -0.15) is 0 Å². The van der Waals surface area contributed by atoms with E-state index in [1.807, 2.05) is 0 Å². The van der Waals surface area contributed by atoms with Crippen molar-refractivity contribution in [2.45, 2.75) is 19.3 Å². The lowest BCUT2D eigenvalue weighted by Crippen LogP contribution is -2.31. The lowest BCUT2D eigenvalue weighted by Gasteiger charge is -2.10. The Kier molecular flexibility index (Phi) is 5.36. The molecule has 0 saturated carbocycles. The minimum absolute atomic E-state index is 0.0592. The van der Waals surface area contributed by atoms with Crippen molar-refractivity contribution < 1.29 is 16.8 Å². The molecule has 1 unspecified atom stereocenters. The molecule has 0 radical (unpaired) electrons. The van der Waals surface area contributed by atoms with Gasteiger partial charge in [-0.1, -0.05) is 0 Å². The monoisotopic (exact) mass is 284 g/mol. The molecule has 1 fully saturated rings. The first-order chi connectivity index (χ1) is 7.85. The Labute approximate surface area is 103 Å². The summed E-state index contributed by atoms with van der Waals surface area (Å²) in [6.45, 7) is 0.709. The van der Waals surface area contributed by atoms with Gasteiger partial charge in [-0.3, -0.25) is 0 Å². The smallest absolute Gasteiger partial charge is 0.211 e. The number of hydrogen-bond acceptors (Lipinski definition) is 5. The Morgan fingerprint density at radius 2 is 2.00 bits per heavy atom. The molecule has 1 heterocycles. The molecule has 1 saturated heterocycles. The minimum atomic E-state index is -3.28. The van der Waals surface area contributed by atoms with Gasteiger partial charge in [0.2, 0.25) is 10.0 Å². The molecule has 8 heteroatoms. The fourth-order valence-electron chi connectivity index (χ4n) is 1.79. The normalized spacial score (nSPS) is 23.9. The van der Waals surface area contributed by atoms with Crippen LogP contribution < -0.4 is 10.5 Å². The maximum absolute atomic E-state index is 11.5. The fourth-order valence-corrected chi connectivity index (χ4v) is 4.87. The molecule has 6 nitrogen and oxygen atoms in total. The fraction of sp³-hybridized carbons (Fsp3) is 1.00. The molecule has 0 amide bonds. The Morgan fingerprint density at radius 3 is 2.53 bits per heavy atom. The molecule has 1 rings (SSSR count). The zero-order valence-electron chi connectivity index (χ0n) is 9.76. The van der Waals surface area contributed by atoms with Gasteiger partial charge in [0.15, 0.2) is 9.84 Å². The van der Waals surface area contributed by atoms with Crippen molar-refractivity contribution in [1.29, 1.82) is 0 Å². The lowest BCUT2D eigenvalue weighted by molar-refractivity contribution is 0.541. The molecule has 1 aliphatic rings. The van der Waals surface area contributed by atoms with E-state index < -0.39 is 19.9 Å². The van der Waals surface area contributed by atoms with Gasteiger partial charge in [0.05, 0.1) is 17.3 Å². The number of hydrogen-bond donors (Lipinski definition) is 2. The van der Waals surface area contributed by atoms with Crippen molar-refractivity contribution in [2.24, 2.45) is 11.7 Å². The van der Waals surface area contributed by atoms with E-state index in [1.54, 1.807) is 0 Å². The van der Waals surface area contributed by atoms with E-state index in [-0.39, 0.29) is 29.7 Å². The topological polar surface area (TPSA) is 106 Å².